The number of rotatable bonds is 5. The number of carbonyl (C=O) groups is 2. The van der Waals surface area contributed by atoms with Gasteiger partial charge in [0.15, 0.2) is 9.84 Å². The van der Waals surface area contributed by atoms with Crippen LogP contribution in [0.3, 0.4) is 0 Å². The van der Waals surface area contributed by atoms with E-state index in [2.05, 4.69) is 16.0 Å². The Morgan fingerprint density at radius 3 is 2.67 bits per heavy atom. The fourth-order valence-electron chi connectivity index (χ4n) is 2.40. The van der Waals surface area contributed by atoms with Crippen molar-refractivity contribution in [3.05, 3.63) is 29.8 Å². The molecule has 24 heavy (non-hydrogen) atoms. The second kappa shape index (κ2) is 7.65. The quantitative estimate of drug-likeness (QED) is 0.744. The average molecular weight is 353 g/mol. The molecule has 3 N–H and O–H groups in total. The van der Waals surface area contributed by atoms with Crippen LogP contribution < -0.4 is 16.0 Å². The molecule has 1 aliphatic rings. The number of hydrogen-bond donors (Lipinski definition) is 3. The molecule has 1 unspecified atom stereocenters. The zero-order valence-electron chi connectivity index (χ0n) is 13.8. The maximum atomic E-state index is 12.0. The van der Waals surface area contributed by atoms with E-state index in [0.29, 0.717) is 30.1 Å². The highest BCUT2D eigenvalue weighted by Crippen LogP contribution is 2.13. The summed E-state index contributed by atoms with van der Waals surface area (Å²) < 4.78 is 22.8. The number of urea groups is 1. The first-order valence-electron chi connectivity index (χ1n) is 7.91. The summed E-state index contributed by atoms with van der Waals surface area (Å²) in [5.41, 5.74) is 0.933. The topological polar surface area (TPSA) is 104 Å². The summed E-state index contributed by atoms with van der Waals surface area (Å²) in [5.74, 6) is 0.222. The highest BCUT2D eigenvalue weighted by molar-refractivity contribution is 7.91. The van der Waals surface area contributed by atoms with Crippen molar-refractivity contribution in [1.82, 2.24) is 10.6 Å². The molecule has 1 saturated heterocycles. The van der Waals surface area contributed by atoms with Gasteiger partial charge in [-0.1, -0.05) is 19.9 Å². The molecular formula is C16H23N3O4S. The second-order valence-electron chi connectivity index (χ2n) is 6.38. The van der Waals surface area contributed by atoms with E-state index in [4.69, 9.17) is 0 Å². The molecule has 0 aliphatic carbocycles. The molecule has 1 aliphatic heterocycles. The number of sulfone groups is 1. The van der Waals surface area contributed by atoms with Crippen molar-refractivity contribution in [2.75, 3.05) is 23.4 Å². The minimum absolute atomic E-state index is 0.0297. The highest BCUT2D eigenvalue weighted by Gasteiger charge is 2.28. The highest BCUT2D eigenvalue weighted by atomic mass is 32.2. The summed E-state index contributed by atoms with van der Waals surface area (Å²) in [6, 6.07) is 5.76. The molecule has 132 valence electrons. The van der Waals surface area contributed by atoms with Gasteiger partial charge in [0.2, 0.25) is 0 Å². The lowest BCUT2D eigenvalue weighted by Gasteiger charge is -2.13. The molecule has 0 radical (unpaired) electrons. The van der Waals surface area contributed by atoms with Crippen LogP contribution in [0.25, 0.3) is 0 Å². The van der Waals surface area contributed by atoms with Crippen LogP contribution in [0.5, 0.6) is 0 Å². The first kappa shape index (κ1) is 18.3. The van der Waals surface area contributed by atoms with Crippen LogP contribution in [0.4, 0.5) is 10.5 Å². The van der Waals surface area contributed by atoms with Gasteiger partial charge >= 0.3 is 6.03 Å². The molecule has 0 bridgehead atoms. The molecule has 1 aromatic carbocycles. The van der Waals surface area contributed by atoms with Crippen LogP contribution >= 0.6 is 0 Å². The predicted molar refractivity (Wildman–Crippen MR) is 92.8 cm³/mol. The zero-order chi connectivity index (χ0) is 17.7. The molecule has 2 rings (SSSR count). The van der Waals surface area contributed by atoms with E-state index < -0.39 is 15.9 Å². The number of anilines is 1. The van der Waals surface area contributed by atoms with Crippen LogP contribution in [0.1, 0.15) is 30.6 Å². The van der Waals surface area contributed by atoms with Crippen molar-refractivity contribution in [3.8, 4) is 0 Å². The van der Waals surface area contributed by atoms with Gasteiger partial charge < -0.3 is 16.0 Å². The van der Waals surface area contributed by atoms with Crippen molar-refractivity contribution < 1.29 is 18.0 Å². The Hall–Kier alpha value is -2.09. The van der Waals surface area contributed by atoms with Gasteiger partial charge in [-0.2, -0.15) is 0 Å². The van der Waals surface area contributed by atoms with Crippen LogP contribution in [0, 0.1) is 5.92 Å². The Bertz CT molecular complexity index is 716. The number of hydrogen-bond acceptors (Lipinski definition) is 4. The first-order chi connectivity index (χ1) is 11.2. The molecule has 3 amide bonds. The van der Waals surface area contributed by atoms with Crippen LogP contribution in [-0.4, -0.2) is 44.4 Å². The van der Waals surface area contributed by atoms with Crippen molar-refractivity contribution >= 4 is 27.5 Å². The van der Waals surface area contributed by atoms with Gasteiger partial charge in [-0.3, -0.25) is 4.79 Å². The van der Waals surface area contributed by atoms with Gasteiger partial charge in [-0.05, 0) is 30.5 Å². The summed E-state index contributed by atoms with van der Waals surface area (Å²) in [5, 5.41) is 8.09. The minimum Gasteiger partial charge on any atom is -0.352 e. The molecule has 0 aromatic heterocycles. The summed E-state index contributed by atoms with van der Waals surface area (Å²) in [7, 11) is -3.04. The lowest BCUT2D eigenvalue weighted by Crippen LogP contribution is -2.38. The SMILES string of the molecule is CC(C)CNC(=O)c1cccc(NC(=O)NC2CCS(=O)(=O)C2)c1. The normalized spacial score (nSPS) is 19.0. The van der Waals surface area contributed by atoms with Crippen LogP contribution in [-0.2, 0) is 9.84 Å². The van der Waals surface area contributed by atoms with Gasteiger partial charge in [0.1, 0.15) is 0 Å². The fourth-order valence-corrected chi connectivity index (χ4v) is 4.07. The lowest BCUT2D eigenvalue weighted by atomic mass is 10.1. The van der Waals surface area contributed by atoms with E-state index in [1.807, 2.05) is 13.8 Å². The van der Waals surface area contributed by atoms with Crippen LogP contribution in [0.2, 0.25) is 0 Å². The second-order valence-corrected chi connectivity index (χ2v) is 8.61. The van der Waals surface area contributed by atoms with E-state index in [0.717, 1.165) is 0 Å². The third-order valence-electron chi connectivity index (χ3n) is 3.62. The molecule has 0 spiro atoms. The van der Waals surface area contributed by atoms with E-state index in [1.54, 1.807) is 24.3 Å². The Labute approximate surface area is 142 Å². The van der Waals surface area contributed by atoms with E-state index in [9.17, 15) is 18.0 Å². The number of carbonyl (C=O) groups excluding carboxylic acids is 2. The standard InChI is InChI=1S/C16H23N3O4S/c1-11(2)9-17-15(20)12-4-3-5-13(8-12)18-16(21)19-14-6-7-24(22,23)10-14/h3-5,8,11,14H,6-7,9-10H2,1-2H3,(H,17,20)(H2,18,19,21). The smallest absolute Gasteiger partial charge is 0.319 e. The van der Waals surface area contributed by atoms with Gasteiger partial charge in [0.05, 0.1) is 11.5 Å². The maximum Gasteiger partial charge on any atom is 0.319 e. The van der Waals surface area contributed by atoms with Crippen molar-refractivity contribution in [2.24, 2.45) is 5.92 Å². The fraction of sp³-hybridized carbons (Fsp3) is 0.500. The molecule has 1 heterocycles. The summed E-state index contributed by atoms with van der Waals surface area (Å²) in [6.45, 7) is 4.59. The van der Waals surface area contributed by atoms with E-state index >= 15 is 0 Å². The molecule has 8 heteroatoms. The van der Waals surface area contributed by atoms with Crippen LogP contribution in [0.15, 0.2) is 24.3 Å². The maximum absolute atomic E-state index is 12.0. The Kier molecular flexibility index (Phi) is 5.82. The van der Waals surface area contributed by atoms with Gasteiger partial charge in [0.25, 0.3) is 5.91 Å². The van der Waals surface area contributed by atoms with E-state index in [-0.39, 0.29) is 23.5 Å². The minimum atomic E-state index is -3.04. The molecular weight excluding hydrogens is 330 g/mol. The zero-order valence-corrected chi connectivity index (χ0v) is 14.7. The predicted octanol–water partition coefficient (Wildman–Crippen LogP) is 1.38. The third kappa shape index (κ3) is 5.52. The van der Waals surface area contributed by atoms with Gasteiger partial charge in [0, 0.05) is 23.8 Å². The first-order valence-corrected chi connectivity index (χ1v) is 9.73. The van der Waals surface area contributed by atoms with Crippen molar-refractivity contribution in [1.29, 1.82) is 0 Å². The molecule has 1 atom stereocenters. The van der Waals surface area contributed by atoms with Crippen molar-refractivity contribution in [3.63, 3.8) is 0 Å². The molecule has 7 nitrogen and oxygen atoms in total. The molecule has 0 saturated carbocycles. The monoisotopic (exact) mass is 353 g/mol. The van der Waals surface area contributed by atoms with Gasteiger partial charge in [-0.25, -0.2) is 13.2 Å². The van der Waals surface area contributed by atoms with Gasteiger partial charge in [-0.15, -0.1) is 0 Å². The summed E-state index contributed by atoms with van der Waals surface area (Å²) in [4.78, 5) is 24.0. The summed E-state index contributed by atoms with van der Waals surface area (Å²) >= 11 is 0. The summed E-state index contributed by atoms with van der Waals surface area (Å²) in [6.07, 6.45) is 0.424. The Morgan fingerprint density at radius 1 is 1.29 bits per heavy atom. The third-order valence-corrected chi connectivity index (χ3v) is 5.39. The largest absolute Gasteiger partial charge is 0.352 e. The number of nitrogens with one attached hydrogen (secondary N) is 3. The molecule has 1 aromatic rings. The lowest BCUT2D eigenvalue weighted by molar-refractivity contribution is 0.0949. The Morgan fingerprint density at radius 2 is 2.04 bits per heavy atom. The molecule has 1 fully saturated rings. The Balaban J connectivity index is 1.91. The number of amides is 3. The van der Waals surface area contributed by atoms with Crippen molar-refractivity contribution in [2.45, 2.75) is 26.3 Å². The van der Waals surface area contributed by atoms with E-state index in [1.165, 1.54) is 0 Å². The average Bonchev–Trinajstić information content (AvgIpc) is 2.83. The number of benzene rings is 1.